The Kier molecular flexibility index (Phi) is 5.49. The first-order valence-corrected chi connectivity index (χ1v) is 7.65. The van der Waals surface area contributed by atoms with Gasteiger partial charge in [0.15, 0.2) is 0 Å². The van der Waals surface area contributed by atoms with Gasteiger partial charge in [0.25, 0.3) is 0 Å². The molecule has 100 valence electrons. The zero-order valence-corrected chi connectivity index (χ0v) is 12.9. The van der Waals surface area contributed by atoms with E-state index in [4.69, 9.17) is 16.3 Å². The normalized spacial score (nSPS) is 21.2. The third-order valence-electron chi connectivity index (χ3n) is 3.35. The van der Waals surface area contributed by atoms with Gasteiger partial charge in [-0.25, -0.2) is 0 Å². The fourth-order valence-corrected chi connectivity index (χ4v) is 3.33. The Morgan fingerprint density at radius 1 is 1.56 bits per heavy atom. The van der Waals surface area contributed by atoms with Gasteiger partial charge in [-0.2, -0.15) is 0 Å². The van der Waals surface area contributed by atoms with Crippen LogP contribution in [0.3, 0.4) is 0 Å². The average molecular weight is 333 g/mol. The van der Waals surface area contributed by atoms with E-state index in [0.29, 0.717) is 12.0 Å². The highest BCUT2D eigenvalue weighted by atomic mass is 79.9. The minimum atomic E-state index is 0.346. The van der Waals surface area contributed by atoms with Crippen LogP contribution in [0.4, 0.5) is 0 Å². The number of halogens is 2. The van der Waals surface area contributed by atoms with Crippen LogP contribution in [0.15, 0.2) is 22.7 Å². The van der Waals surface area contributed by atoms with Crippen molar-refractivity contribution in [3.8, 4) is 0 Å². The summed E-state index contributed by atoms with van der Waals surface area (Å²) in [5.74, 6) is 0.550. The van der Waals surface area contributed by atoms with E-state index in [1.165, 1.54) is 5.56 Å². The summed E-state index contributed by atoms with van der Waals surface area (Å²) in [4.78, 5) is 0. The fraction of sp³-hybridized carbons (Fsp3) is 0.571. The molecule has 1 aliphatic heterocycles. The predicted molar refractivity (Wildman–Crippen MR) is 79.1 cm³/mol. The van der Waals surface area contributed by atoms with Gasteiger partial charge in [-0.1, -0.05) is 40.5 Å². The van der Waals surface area contributed by atoms with Gasteiger partial charge in [0, 0.05) is 28.1 Å². The molecule has 1 fully saturated rings. The van der Waals surface area contributed by atoms with Gasteiger partial charge in [-0.05, 0) is 37.1 Å². The molecule has 18 heavy (non-hydrogen) atoms. The Bertz CT molecular complexity index is 393. The van der Waals surface area contributed by atoms with Crippen LogP contribution in [-0.2, 0) is 4.74 Å². The van der Waals surface area contributed by atoms with Crippen molar-refractivity contribution in [2.75, 3.05) is 19.8 Å². The molecule has 2 atom stereocenters. The third kappa shape index (κ3) is 3.47. The molecule has 0 aliphatic carbocycles. The maximum atomic E-state index is 6.01. The van der Waals surface area contributed by atoms with Gasteiger partial charge in [0.05, 0.1) is 6.61 Å². The number of hydrogen-bond acceptors (Lipinski definition) is 2. The van der Waals surface area contributed by atoms with Crippen LogP contribution in [0.1, 0.15) is 31.4 Å². The smallest absolute Gasteiger partial charge is 0.0513 e. The molecule has 1 saturated heterocycles. The monoisotopic (exact) mass is 331 g/mol. The second kappa shape index (κ2) is 6.90. The summed E-state index contributed by atoms with van der Waals surface area (Å²) in [5.41, 5.74) is 1.28. The summed E-state index contributed by atoms with van der Waals surface area (Å²) in [6, 6.07) is 6.38. The van der Waals surface area contributed by atoms with E-state index in [0.717, 1.165) is 42.1 Å². The van der Waals surface area contributed by atoms with E-state index in [9.17, 15) is 0 Å². The van der Waals surface area contributed by atoms with Crippen molar-refractivity contribution in [3.63, 3.8) is 0 Å². The first-order valence-electron chi connectivity index (χ1n) is 6.48. The minimum absolute atomic E-state index is 0.346. The van der Waals surface area contributed by atoms with Crippen molar-refractivity contribution < 1.29 is 4.74 Å². The van der Waals surface area contributed by atoms with Gasteiger partial charge in [0.1, 0.15) is 0 Å². The van der Waals surface area contributed by atoms with Crippen LogP contribution in [0.25, 0.3) is 0 Å². The van der Waals surface area contributed by atoms with Gasteiger partial charge >= 0.3 is 0 Å². The summed E-state index contributed by atoms with van der Waals surface area (Å²) in [6.45, 7) is 4.93. The van der Waals surface area contributed by atoms with E-state index in [1.54, 1.807) is 0 Å². The van der Waals surface area contributed by atoms with Crippen molar-refractivity contribution in [3.05, 3.63) is 33.3 Å². The Morgan fingerprint density at radius 3 is 3.00 bits per heavy atom. The van der Waals surface area contributed by atoms with E-state index >= 15 is 0 Å². The molecular weight excluding hydrogens is 314 g/mol. The molecule has 4 heteroatoms. The van der Waals surface area contributed by atoms with Crippen LogP contribution in [0.2, 0.25) is 5.02 Å². The second-order valence-corrected chi connectivity index (χ2v) is 6.01. The van der Waals surface area contributed by atoms with Crippen LogP contribution in [0.5, 0.6) is 0 Å². The summed E-state index contributed by atoms with van der Waals surface area (Å²) >= 11 is 9.63. The Hall–Kier alpha value is -0.0900. The Morgan fingerprint density at radius 2 is 2.39 bits per heavy atom. The van der Waals surface area contributed by atoms with Crippen molar-refractivity contribution in [2.24, 2.45) is 5.92 Å². The predicted octanol–water partition coefficient (Wildman–Crippen LogP) is 4.18. The summed E-state index contributed by atoms with van der Waals surface area (Å²) in [6.07, 6.45) is 2.26. The van der Waals surface area contributed by atoms with E-state index in [2.05, 4.69) is 34.2 Å². The molecule has 2 unspecified atom stereocenters. The first kappa shape index (κ1) is 14.3. The number of ether oxygens (including phenoxy) is 1. The minimum Gasteiger partial charge on any atom is -0.381 e. The zero-order valence-electron chi connectivity index (χ0n) is 10.6. The molecule has 1 aliphatic rings. The quantitative estimate of drug-likeness (QED) is 0.873. The van der Waals surface area contributed by atoms with Crippen molar-refractivity contribution in [1.29, 1.82) is 0 Å². The molecule has 1 N–H and O–H groups in total. The van der Waals surface area contributed by atoms with Crippen molar-refractivity contribution in [2.45, 2.75) is 25.8 Å². The highest BCUT2D eigenvalue weighted by Crippen LogP contribution is 2.34. The largest absolute Gasteiger partial charge is 0.381 e. The van der Waals surface area contributed by atoms with Gasteiger partial charge in [0.2, 0.25) is 0 Å². The molecule has 0 bridgehead atoms. The zero-order chi connectivity index (χ0) is 13.0. The molecule has 2 nitrogen and oxygen atoms in total. The molecular formula is C14H19BrClNO. The molecule has 1 aromatic carbocycles. The number of nitrogens with one attached hydrogen (secondary N) is 1. The summed E-state index contributed by atoms with van der Waals surface area (Å²) < 4.78 is 6.60. The fourth-order valence-electron chi connectivity index (χ4n) is 2.40. The highest BCUT2D eigenvalue weighted by Gasteiger charge is 2.27. The van der Waals surface area contributed by atoms with Gasteiger partial charge < -0.3 is 10.1 Å². The molecule has 0 aromatic heterocycles. The molecule has 0 saturated carbocycles. The maximum absolute atomic E-state index is 6.01. The first-order chi connectivity index (χ1) is 8.72. The van der Waals surface area contributed by atoms with Gasteiger partial charge in [-0.3, -0.25) is 0 Å². The lowest BCUT2D eigenvalue weighted by Crippen LogP contribution is -2.29. The van der Waals surface area contributed by atoms with Crippen LogP contribution >= 0.6 is 27.5 Å². The molecule has 1 aromatic rings. The lowest BCUT2D eigenvalue weighted by molar-refractivity contribution is 0.176. The molecule has 1 heterocycles. The summed E-state index contributed by atoms with van der Waals surface area (Å²) in [5, 5.41) is 4.40. The highest BCUT2D eigenvalue weighted by molar-refractivity contribution is 9.10. The standard InChI is InChI=1S/C14H19BrClNO/c1-2-6-17-14(10-5-7-18-9-10)12-4-3-11(16)8-13(12)15/h3-4,8,10,14,17H,2,5-7,9H2,1H3. The SMILES string of the molecule is CCCNC(c1ccc(Cl)cc1Br)C1CCOC1. The van der Waals surface area contributed by atoms with Crippen LogP contribution < -0.4 is 5.32 Å². The lowest BCUT2D eigenvalue weighted by Gasteiger charge is -2.25. The molecule has 2 rings (SSSR count). The van der Waals surface area contributed by atoms with Gasteiger partial charge in [-0.15, -0.1) is 0 Å². The van der Waals surface area contributed by atoms with Crippen LogP contribution in [0, 0.1) is 5.92 Å². The Balaban J connectivity index is 2.20. The Labute approximate surface area is 122 Å². The lowest BCUT2D eigenvalue weighted by atomic mass is 9.92. The third-order valence-corrected chi connectivity index (χ3v) is 4.27. The van der Waals surface area contributed by atoms with Crippen molar-refractivity contribution in [1.82, 2.24) is 5.32 Å². The van der Waals surface area contributed by atoms with E-state index in [-0.39, 0.29) is 0 Å². The average Bonchev–Trinajstić information content (AvgIpc) is 2.85. The number of hydrogen-bond donors (Lipinski definition) is 1. The van der Waals surface area contributed by atoms with E-state index in [1.807, 2.05) is 12.1 Å². The molecule has 0 radical (unpaired) electrons. The topological polar surface area (TPSA) is 21.3 Å². The van der Waals surface area contributed by atoms with Crippen molar-refractivity contribution >= 4 is 27.5 Å². The van der Waals surface area contributed by atoms with Crippen LogP contribution in [-0.4, -0.2) is 19.8 Å². The maximum Gasteiger partial charge on any atom is 0.0513 e. The number of benzene rings is 1. The molecule has 0 spiro atoms. The summed E-state index contributed by atoms with van der Waals surface area (Å²) in [7, 11) is 0. The second-order valence-electron chi connectivity index (χ2n) is 4.72. The molecule has 0 amide bonds. The number of rotatable bonds is 5. The van der Waals surface area contributed by atoms with E-state index < -0.39 is 0 Å².